The molecule has 0 fully saturated rings. The molecule has 1 aliphatic rings. The molecule has 32 heavy (non-hydrogen) atoms. The molecule has 1 amide bonds. The molecular weight excluding hydrogens is 536 g/mol. The highest BCUT2D eigenvalue weighted by Crippen LogP contribution is 2.41. The lowest BCUT2D eigenvalue weighted by Crippen LogP contribution is -2.42. The Labute approximate surface area is 202 Å². The van der Waals surface area contributed by atoms with Crippen molar-refractivity contribution in [1.82, 2.24) is 9.88 Å². The summed E-state index contributed by atoms with van der Waals surface area (Å²) in [6.07, 6.45) is 0.358. The number of ether oxygens (including phenoxy) is 2. The van der Waals surface area contributed by atoms with Gasteiger partial charge in [0, 0.05) is 32.1 Å². The zero-order valence-corrected chi connectivity index (χ0v) is 20.4. The van der Waals surface area contributed by atoms with Gasteiger partial charge in [0.25, 0.3) is 0 Å². The van der Waals surface area contributed by atoms with Crippen LogP contribution in [0, 0.1) is 0 Å². The Bertz CT molecular complexity index is 1280. The standard InChI is InChI=1S/C25H20Br2N2O3/c1-31-17-9-5-15(6-10-17)24-23-19(22-20(27)3-2-4-21(22)28-23)13-14-29(24)25(30)32-18-11-7-16(26)8-12-18/h2-12,24,28H,13-14H2,1H3. The smallest absolute Gasteiger partial charge is 0.416 e. The summed E-state index contributed by atoms with van der Waals surface area (Å²) in [5, 5.41) is 1.17. The number of methoxy groups -OCH3 is 1. The Balaban J connectivity index is 1.58. The van der Waals surface area contributed by atoms with Crippen molar-refractivity contribution >= 4 is 48.9 Å². The first-order valence-corrected chi connectivity index (χ1v) is 11.8. The number of carbonyl (C=O) groups excluding carboxylic acids is 1. The molecule has 1 unspecified atom stereocenters. The summed E-state index contributed by atoms with van der Waals surface area (Å²) in [6, 6.07) is 20.9. The van der Waals surface area contributed by atoms with Crippen LogP contribution in [0.25, 0.3) is 10.9 Å². The lowest BCUT2D eigenvalue weighted by molar-refractivity contribution is 0.135. The van der Waals surface area contributed by atoms with E-state index in [-0.39, 0.29) is 12.1 Å². The van der Waals surface area contributed by atoms with E-state index in [9.17, 15) is 4.79 Å². The Hall–Kier alpha value is -2.77. The first kappa shape index (κ1) is 21.1. The summed E-state index contributed by atoms with van der Waals surface area (Å²) in [7, 11) is 1.64. The van der Waals surface area contributed by atoms with Crippen molar-refractivity contribution in [3.8, 4) is 11.5 Å². The highest BCUT2D eigenvalue weighted by Gasteiger charge is 2.36. The van der Waals surface area contributed by atoms with Crippen molar-refractivity contribution < 1.29 is 14.3 Å². The van der Waals surface area contributed by atoms with E-state index in [4.69, 9.17) is 9.47 Å². The number of H-pyrrole nitrogens is 1. The highest BCUT2D eigenvalue weighted by molar-refractivity contribution is 9.11. The molecule has 0 aliphatic carbocycles. The van der Waals surface area contributed by atoms with Crippen LogP contribution < -0.4 is 9.47 Å². The summed E-state index contributed by atoms with van der Waals surface area (Å²) >= 11 is 7.11. The SMILES string of the molecule is COc1ccc(C2c3[nH]c4cccc(Br)c4c3CCN2C(=O)Oc2ccc(Br)cc2)cc1. The number of amides is 1. The van der Waals surface area contributed by atoms with Crippen molar-refractivity contribution in [3.05, 3.63) is 92.5 Å². The van der Waals surface area contributed by atoms with Crippen LogP contribution in [0.5, 0.6) is 11.5 Å². The molecule has 0 radical (unpaired) electrons. The molecule has 0 saturated heterocycles. The van der Waals surface area contributed by atoms with Gasteiger partial charge in [0.05, 0.1) is 7.11 Å². The average Bonchev–Trinajstić information content (AvgIpc) is 3.20. The molecule has 1 aromatic heterocycles. The molecule has 0 bridgehead atoms. The number of fused-ring (bicyclic) bond motifs is 3. The fraction of sp³-hybridized carbons (Fsp3) is 0.160. The lowest BCUT2D eigenvalue weighted by atomic mass is 9.92. The second-order valence-corrected chi connectivity index (χ2v) is 9.39. The van der Waals surface area contributed by atoms with E-state index in [1.165, 1.54) is 10.9 Å². The Morgan fingerprint density at radius 1 is 1.00 bits per heavy atom. The number of aromatic nitrogens is 1. The molecule has 1 N–H and O–H groups in total. The second-order valence-electron chi connectivity index (χ2n) is 7.62. The number of nitrogens with one attached hydrogen (secondary N) is 1. The van der Waals surface area contributed by atoms with Crippen LogP contribution in [0.4, 0.5) is 4.79 Å². The van der Waals surface area contributed by atoms with E-state index in [0.717, 1.165) is 37.9 Å². The van der Waals surface area contributed by atoms with E-state index in [2.05, 4.69) is 42.9 Å². The predicted octanol–water partition coefficient (Wildman–Crippen LogP) is 6.85. The van der Waals surface area contributed by atoms with Gasteiger partial charge in [-0.05, 0) is 66.1 Å². The summed E-state index contributed by atoms with van der Waals surface area (Å²) in [5.41, 5.74) is 4.27. The first-order valence-electron chi connectivity index (χ1n) is 10.2. The van der Waals surface area contributed by atoms with Crippen LogP contribution in [-0.4, -0.2) is 29.6 Å². The fourth-order valence-electron chi connectivity index (χ4n) is 4.29. The van der Waals surface area contributed by atoms with Gasteiger partial charge in [0.1, 0.15) is 17.5 Å². The van der Waals surface area contributed by atoms with Crippen molar-refractivity contribution in [2.75, 3.05) is 13.7 Å². The third-order valence-electron chi connectivity index (χ3n) is 5.78. The number of aromatic amines is 1. The zero-order valence-electron chi connectivity index (χ0n) is 17.3. The van der Waals surface area contributed by atoms with Crippen LogP contribution >= 0.6 is 31.9 Å². The third-order valence-corrected chi connectivity index (χ3v) is 6.97. The summed E-state index contributed by atoms with van der Waals surface area (Å²) in [6.45, 7) is 0.549. The monoisotopic (exact) mass is 554 g/mol. The number of nitrogens with zero attached hydrogens (tertiary/aromatic N) is 1. The second kappa shape index (κ2) is 8.64. The van der Waals surface area contributed by atoms with Gasteiger partial charge in [0.15, 0.2) is 0 Å². The fourth-order valence-corrected chi connectivity index (χ4v) is 5.16. The summed E-state index contributed by atoms with van der Waals surface area (Å²) in [5.74, 6) is 1.28. The van der Waals surface area contributed by atoms with Crippen molar-refractivity contribution in [2.24, 2.45) is 0 Å². The van der Waals surface area contributed by atoms with Crippen LogP contribution in [0.3, 0.4) is 0 Å². The topological polar surface area (TPSA) is 54.6 Å². The lowest BCUT2D eigenvalue weighted by Gasteiger charge is -2.35. The van der Waals surface area contributed by atoms with Crippen molar-refractivity contribution in [1.29, 1.82) is 0 Å². The van der Waals surface area contributed by atoms with E-state index in [0.29, 0.717) is 12.3 Å². The average molecular weight is 556 g/mol. The number of hydrogen-bond acceptors (Lipinski definition) is 3. The van der Waals surface area contributed by atoms with Crippen LogP contribution in [-0.2, 0) is 6.42 Å². The zero-order chi connectivity index (χ0) is 22.2. The number of benzene rings is 3. The van der Waals surface area contributed by atoms with Gasteiger partial charge in [-0.2, -0.15) is 0 Å². The molecule has 7 heteroatoms. The molecule has 1 atom stereocenters. The van der Waals surface area contributed by atoms with Gasteiger partial charge in [-0.15, -0.1) is 0 Å². The van der Waals surface area contributed by atoms with Crippen LogP contribution in [0.2, 0.25) is 0 Å². The minimum atomic E-state index is -0.378. The van der Waals surface area contributed by atoms with Crippen LogP contribution in [0.15, 0.2) is 75.7 Å². The molecular formula is C25H20Br2N2O3. The number of carbonyl (C=O) groups is 1. The van der Waals surface area contributed by atoms with Gasteiger partial charge in [-0.25, -0.2) is 4.79 Å². The van der Waals surface area contributed by atoms with Gasteiger partial charge < -0.3 is 14.5 Å². The number of rotatable bonds is 3. The van der Waals surface area contributed by atoms with E-state index in [1.807, 2.05) is 48.5 Å². The molecule has 1 aliphatic heterocycles. The molecule has 5 rings (SSSR count). The third kappa shape index (κ3) is 3.80. The van der Waals surface area contributed by atoms with E-state index in [1.54, 1.807) is 24.1 Å². The normalized spacial score (nSPS) is 15.5. The Morgan fingerprint density at radius 2 is 1.72 bits per heavy atom. The van der Waals surface area contributed by atoms with Gasteiger partial charge in [-0.1, -0.05) is 50.1 Å². The van der Waals surface area contributed by atoms with Gasteiger partial charge >= 0.3 is 6.09 Å². The van der Waals surface area contributed by atoms with Crippen molar-refractivity contribution in [2.45, 2.75) is 12.5 Å². The van der Waals surface area contributed by atoms with Crippen LogP contribution in [0.1, 0.15) is 22.9 Å². The molecule has 0 saturated carbocycles. The van der Waals surface area contributed by atoms with E-state index >= 15 is 0 Å². The largest absolute Gasteiger partial charge is 0.497 e. The minimum absolute atomic E-state index is 0.299. The van der Waals surface area contributed by atoms with Gasteiger partial charge in [-0.3, -0.25) is 4.90 Å². The molecule has 3 aromatic carbocycles. The Morgan fingerprint density at radius 3 is 2.44 bits per heavy atom. The predicted molar refractivity (Wildman–Crippen MR) is 131 cm³/mol. The molecule has 2 heterocycles. The summed E-state index contributed by atoms with van der Waals surface area (Å²) in [4.78, 5) is 18.7. The molecule has 4 aromatic rings. The molecule has 0 spiro atoms. The maximum Gasteiger partial charge on any atom is 0.416 e. The maximum absolute atomic E-state index is 13.3. The van der Waals surface area contributed by atoms with Gasteiger partial charge in [0.2, 0.25) is 0 Å². The minimum Gasteiger partial charge on any atom is -0.497 e. The van der Waals surface area contributed by atoms with E-state index < -0.39 is 0 Å². The van der Waals surface area contributed by atoms with Crippen molar-refractivity contribution in [3.63, 3.8) is 0 Å². The quantitative estimate of drug-likeness (QED) is 0.301. The molecule has 5 nitrogen and oxygen atoms in total. The number of hydrogen-bond donors (Lipinski definition) is 1. The summed E-state index contributed by atoms with van der Waals surface area (Å²) < 4.78 is 13.0. The first-order chi connectivity index (χ1) is 15.5. The number of halogens is 2. The Kier molecular flexibility index (Phi) is 5.69. The molecule has 162 valence electrons. The maximum atomic E-state index is 13.3. The highest BCUT2D eigenvalue weighted by atomic mass is 79.9.